The van der Waals surface area contributed by atoms with Crippen molar-refractivity contribution in [3.8, 4) is 5.75 Å². The highest BCUT2D eigenvalue weighted by molar-refractivity contribution is 6.22. The standard InChI is InChI=1S/C46H44N4O6/c1-3-8-29-9-7-12-36(41(29)51)40-34-21-22-35-39(44(54)49(42(35)52)33-19-17-32(18-20-33)48-23-25-56-26-24-48)37(34)27-38-43(53)50(47-31-15-13-28(2)14-16-31)45(55)46(38,40)30-10-5-4-6-11-30/h3-7,9-21,35,37-40,47,51H,1,8,22-27H2,2H3/t35-,37+,38-,39-,40+,46+/m0/s1. The summed E-state index contributed by atoms with van der Waals surface area (Å²) in [6.07, 6.45) is 4.58. The third-order valence-electron chi connectivity index (χ3n) is 12.7. The largest absolute Gasteiger partial charge is 0.507 e. The summed E-state index contributed by atoms with van der Waals surface area (Å²) >= 11 is 0. The summed E-state index contributed by atoms with van der Waals surface area (Å²) < 4.78 is 5.51. The van der Waals surface area contributed by atoms with Crippen LogP contribution >= 0.6 is 0 Å². The molecule has 6 atom stereocenters. The number of hydrogen-bond donors (Lipinski definition) is 2. The van der Waals surface area contributed by atoms with E-state index < -0.39 is 46.8 Å². The fourth-order valence-electron chi connectivity index (χ4n) is 10.1. The Hall–Kier alpha value is -6.00. The Bertz CT molecular complexity index is 2260. The van der Waals surface area contributed by atoms with Gasteiger partial charge in [0.25, 0.3) is 11.8 Å². The lowest BCUT2D eigenvalue weighted by Gasteiger charge is -2.50. The van der Waals surface area contributed by atoms with Gasteiger partial charge in [0.05, 0.1) is 47.8 Å². The summed E-state index contributed by atoms with van der Waals surface area (Å²) in [4.78, 5) is 63.0. The van der Waals surface area contributed by atoms with Crippen molar-refractivity contribution in [3.05, 3.63) is 144 Å². The first-order chi connectivity index (χ1) is 27.2. The number of para-hydroxylation sites is 1. The molecule has 1 saturated carbocycles. The zero-order valence-electron chi connectivity index (χ0n) is 31.3. The van der Waals surface area contributed by atoms with Crippen LogP contribution in [0.3, 0.4) is 0 Å². The molecule has 284 valence electrons. The van der Waals surface area contributed by atoms with Gasteiger partial charge >= 0.3 is 0 Å². The zero-order chi connectivity index (χ0) is 38.7. The predicted octanol–water partition coefficient (Wildman–Crippen LogP) is 6.46. The monoisotopic (exact) mass is 748 g/mol. The van der Waals surface area contributed by atoms with Gasteiger partial charge in [-0.3, -0.25) is 29.5 Å². The number of rotatable bonds is 8. The molecule has 0 aromatic heterocycles. The third-order valence-corrected chi connectivity index (χ3v) is 12.7. The number of hydrogen-bond acceptors (Lipinski definition) is 8. The second-order valence-corrected chi connectivity index (χ2v) is 15.6. The van der Waals surface area contributed by atoms with Gasteiger partial charge in [-0.15, -0.1) is 6.58 Å². The fraction of sp³-hybridized carbons (Fsp3) is 0.304. The van der Waals surface area contributed by atoms with Crippen LogP contribution in [0.25, 0.3) is 0 Å². The quantitative estimate of drug-likeness (QED) is 0.156. The SMILES string of the molecule is C=CCc1cccc([C@H]2C3=CC[C@@H]4C(=O)N(c5ccc(N6CCOCC6)cc5)C(=O)[C@@H]4[C@@H]3C[C@H]3C(=O)N(Nc4ccc(C)cc4)C(=O)[C@@]23c2ccccc2)c1O. The van der Waals surface area contributed by atoms with E-state index in [2.05, 4.69) is 16.9 Å². The summed E-state index contributed by atoms with van der Waals surface area (Å²) in [7, 11) is 0. The van der Waals surface area contributed by atoms with Gasteiger partial charge in [-0.2, -0.15) is 5.01 Å². The van der Waals surface area contributed by atoms with Crippen molar-refractivity contribution in [3.63, 3.8) is 0 Å². The number of morpholine rings is 1. The van der Waals surface area contributed by atoms with Crippen LogP contribution in [0.1, 0.15) is 41.0 Å². The van der Waals surface area contributed by atoms with Crippen LogP contribution in [0, 0.1) is 30.6 Å². The fourth-order valence-corrected chi connectivity index (χ4v) is 10.1. The lowest BCUT2D eigenvalue weighted by molar-refractivity contribution is -0.138. The topological polar surface area (TPSA) is 119 Å². The summed E-state index contributed by atoms with van der Waals surface area (Å²) in [6, 6.07) is 29.8. The molecule has 3 aliphatic heterocycles. The van der Waals surface area contributed by atoms with Gasteiger partial charge in [0.2, 0.25) is 11.8 Å². The molecule has 3 saturated heterocycles. The molecule has 2 aliphatic carbocycles. The maximum atomic E-state index is 15.4. The number of allylic oxidation sites excluding steroid dienone is 3. The van der Waals surface area contributed by atoms with Crippen molar-refractivity contribution >= 4 is 40.7 Å². The van der Waals surface area contributed by atoms with Crippen molar-refractivity contribution < 1.29 is 29.0 Å². The Morgan fingerprint density at radius 1 is 0.839 bits per heavy atom. The highest BCUT2D eigenvalue weighted by Gasteiger charge is 2.70. The summed E-state index contributed by atoms with van der Waals surface area (Å²) in [5, 5.41) is 13.2. The smallest absolute Gasteiger partial charge is 0.260 e. The van der Waals surface area contributed by atoms with Gasteiger partial charge in [0, 0.05) is 30.3 Å². The Balaban J connectivity index is 1.18. The number of fused-ring (bicyclic) bond motifs is 4. The first-order valence-corrected chi connectivity index (χ1v) is 19.4. The van der Waals surface area contributed by atoms with Crippen LogP contribution in [0.15, 0.2) is 121 Å². The van der Waals surface area contributed by atoms with Gasteiger partial charge in [-0.25, -0.2) is 0 Å². The lowest BCUT2D eigenvalue weighted by atomic mass is 9.49. The molecule has 5 aliphatic rings. The van der Waals surface area contributed by atoms with Gasteiger partial charge in [0.1, 0.15) is 5.75 Å². The average molecular weight is 749 g/mol. The highest BCUT2D eigenvalue weighted by atomic mass is 16.5. The zero-order valence-corrected chi connectivity index (χ0v) is 31.3. The normalized spacial score (nSPS) is 27.1. The Morgan fingerprint density at radius 2 is 1.55 bits per heavy atom. The molecule has 3 heterocycles. The maximum Gasteiger partial charge on any atom is 0.260 e. The van der Waals surface area contributed by atoms with Crippen LogP contribution in [0.4, 0.5) is 17.1 Å². The van der Waals surface area contributed by atoms with E-state index in [-0.39, 0.29) is 30.4 Å². The minimum atomic E-state index is -1.48. The number of carbonyl (C=O) groups excluding carboxylic acids is 4. The minimum absolute atomic E-state index is 0.0242. The molecule has 4 aromatic rings. The van der Waals surface area contributed by atoms with E-state index in [0.29, 0.717) is 47.7 Å². The molecule has 10 heteroatoms. The molecule has 0 radical (unpaired) electrons. The molecule has 10 nitrogen and oxygen atoms in total. The van der Waals surface area contributed by atoms with E-state index in [4.69, 9.17) is 4.74 Å². The van der Waals surface area contributed by atoms with Crippen molar-refractivity contribution in [1.82, 2.24) is 5.01 Å². The van der Waals surface area contributed by atoms with E-state index in [1.165, 1.54) is 4.90 Å². The molecule has 4 aromatic carbocycles. The Labute approximate surface area is 326 Å². The van der Waals surface area contributed by atoms with Gasteiger partial charge in [-0.05, 0) is 79.6 Å². The van der Waals surface area contributed by atoms with Crippen molar-refractivity contribution in [2.45, 2.75) is 37.5 Å². The van der Waals surface area contributed by atoms with Gasteiger partial charge in [0.15, 0.2) is 0 Å². The number of phenols is 1. The van der Waals surface area contributed by atoms with Gasteiger partial charge in [-0.1, -0.05) is 84.0 Å². The number of anilines is 3. The van der Waals surface area contributed by atoms with Crippen LogP contribution in [-0.2, 0) is 35.8 Å². The van der Waals surface area contributed by atoms with Gasteiger partial charge < -0.3 is 14.7 Å². The van der Waals surface area contributed by atoms with Crippen molar-refractivity contribution in [2.24, 2.45) is 23.7 Å². The number of ether oxygens (including phenoxy) is 1. The second-order valence-electron chi connectivity index (χ2n) is 15.6. The number of benzene rings is 4. The van der Waals surface area contributed by atoms with Crippen molar-refractivity contribution in [1.29, 1.82) is 0 Å². The minimum Gasteiger partial charge on any atom is -0.507 e. The summed E-state index contributed by atoms with van der Waals surface area (Å²) in [6.45, 7) is 8.66. The van der Waals surface area contributed by atoms with Crippen LogP contribution in [0.5, 0.6) is 5.75 Å². The maximum absolute atomic E-state index is 15.4. The molecule has 0 bridgehead atoms. The van der Waals surface area contributed by atoms with Crippen LogP contribution in [-0.4, -0.2) is 60.0 Å². The van der Waals surface area contributed by atoms with Crippen LogP contribution < -0.4 is 15.2 Å². The van der Waals surface area contributed by atoms with E-state index in [1.807, 2.05) is 110 Å². The molecular formula is C46H44N4O6. The van der Waals surface area contributed by atoms with E-state index >= 15 is 4.79 Å². The number of aromatic hydroxyl groups is 1. The number of imide groups is 2. The first kappa shape index (κ1) is 35.7. The number of nitrogens with zero attached hydrogens (tertiary/aromatic N) is 3. The predicted molar refractivity (Wildman–Crippen MR) is 213 cm³/mol. The van der Waals surface area contributed by atoms with Crippen molar-refractivity contribution in [2.75, 3.05) is 41.5 Å². The molecule has 0 spiro atoms. The molecule has 2 N–H and O–H groups in total. The number of phenolic OH excluding ortho intramolecular Hbond substituents is 1. The number of amides is 4. The number of carbonyl (C=O) groups is 4. The molecule has 4 fully saturated rings. The third kappa shape index (κ3) is 5.41. The number of aryl methyl sites for hydroxylation is 1. The second kappa shape index (κ2) is 13.9. The number of nitrogens with one attached hydrogen (secondary N) is 1. The van der Waals surface area contributed by atoms with E-state index in [0.717, 1.165) is 34.9 Å². The van der Waals surface area contributed by atoms with Crippen LogP contribution in [0.2, 0.25) is 0 Å². The molecule has 56 heavy (non-hydrogen) atoms. The van der Waals surface area contributed by atoms with E-state index in [9.17, 15) is 19.5 Å². The highest BCUT2D eigenvalue weighted by Crippen LogP contribution is 2.65. The number of hydrazine groups is 1. The summed E-state index contributed by atoms with van der Waals surface area (Å²) in [5.74, 6) is -5.08. The molecular weight excluding hydrogens is 705 g/mol. The lowest BCUT2D eigenvalue weighted by Crippen LogP contribution is -2.53. The average Bonchev–Trinajstić information content (AvgIpc) is 3.61. The summed E-state index contributed by atoms with van der Waals surface area (Å²) in [5.41, 5.74) is 7.35. The first-order valence-electron chi connectivity index (χ1n) is 19.4. The molecule has 9 rings (SSSR count). The molecule has 4 amide bonds. The Morgan fingerprint density at radius 3 is 2.27 bits per heavy atom. The Kier molecular flexibility index (Phi) is 8.88. The molecule has 0 unspecified atom stereocenters. The van der Waals surface area contributed by atoms with E-state index in [1.54, 1.807) is 6.08 Å².